The lowest BCUT2D eigenvalue weighted by molar-refractivity contribution is 0.0993. The molecule has 0 saturated carbocycles. The highest BCUT2D eigenvalue weighted by molar-refractivity contribution is 14.1. The molecule has 0 radical (unpaired) electrons. The normalized spacial score (nSPS) is 10.9. The van der Waals surface area contributed by atoms with Gasteiger partial charge in [0.1, 0.15) is 0 Å². The van der Waals surface area contributed by atoms with Gasteiger partial charge in [-0.25, -0.2) is 8.91 Å². The van der Waals surface area contributed by atoms with Gasteiger partial charge in [-0.2, -0.15) is 5.10 Å². The van der Waals surface area contributed by atoms with E-state index in [1.54, 1.807) is 36.0 Å². The molecule has 2 aromatic heterocycles. The molecule has 0 spiro atoms. The van der Waals surface area contributed by atoms with Gasteiger partial charge in [0.15, 0.2) is 11.6 Å². The highest BCUT2D eigenvalue weighted by Gasteiger charge is 2.17. The fraction of sp³-hybridized carbons (Fsp3) is 0.176. The molecule has 24 heavy (non-hydrogen) atoms. The lowest BCUT2D eigenvalue weighted by Gasteiger charge is -2.19. The first kappa shape index (κ1) is 16.7. The first-order valence-corrected chi connectivity index (χ1v) is 8.25. The Morgan fingerprint density at radius 1 is 1.33 bits per heavy atom. The number of rotatable bonds is 3. The van der Waals surface area contributed by atoms with Crippen LogP contribution in [0.1, 0.15) is 16.1 Å². The van der Waals surface area contributed by atoms with Gasteiger partial charge >= 0.3 is 0 Å². The van der Waals surface area contributed by atoms with Crippen LogP contribution in [0.5, 0.6) is 5.75 Å². The third-order valence-electron chi connectivity index (χ3n) is 3.82. The number of anilines is 1. The fourth-order valence-corrected chi connectivity index (χ4v) is 3.02. The first-order valence-electron chi connectivity index (χ1n) is 7.18. The Balaban J connectivity index is 2.00. The molecule has 0 atom stereocenters. The zero-order chi connectivity index (χ0) is 17.4. The second-order valence-corrected chi connectivity index (χ2v) is 6.52. The van der Waals surface area contributed by atoms with Crippen molar-refractivity contribution in [3.8, 4) is 5.75 Å². The molecular formula is C17H15FIN3O2. The van der Waals surface area contributed by atoms with Crippen molar-refractivity contribution in [2.75, 3.05) is 19.1 Å². The van der Waals surface area contributed by atoms with Crippen molar-refractivity contribution in [2.24, 2.45) is 0 Å². The lowest BCUT2D eigenvalue weighted by atomic mass is 10.1. The molecule has 7 heteroatoms. The molecule has 0 saturated heterocycles. The Bertz CT molecular complexity index is 939. The fourth-order valence-electron chi connectivity index (χ4n) is 2.52. The lowest BCUT2D eigenvalue weighted by Crippen LogP contribution is -2.26. The standard InChI is InChI=1S/C17H15FIN3O2/c1-10-6-11(7-15-14(19)9-20-22(10)15)17(23)21(2)12-4-5-13(18)16(8-12)24-3/h4-9H,1-3H3. The topological polar surface area (TPSA) is 46.8 Å². The monoisotopic (exact) mass is 439 g/mol. The van der Waals surface area contributed by atoms with E-state index in [2.05, 4.69) is 27.7 Å². The summed E-state index contributed by atoms with van der Waals surface area (Å²) in [6.45, 7) is 1.90. The summed E-state index contributed by atoms with van der Waals surface area (Å²) in [5, 5.41) is 4.28. The molecule has 0 aliphatic heterocycles. The number of fused-ring (bicyclic) bond motifs is 1. The Kier molecular flexibility index (Phi) is 4.44. The highest BCUT2D eigenvalue weighted by atomic mass is 127. The van der Waals surface area contributed by atoms with Gasteiger partial charge in [0.05, 0.1) is 22.4 Å². The van der Waals surface area contributed by atoms with Crippen LogP contribution in [0.4, 0.5) is 10.1 Å². The van der Waals surface area contributed by atoms with Crippen molar-refractivity contribution in [2.45, 2.75) is 6.92 Å². The number of halogens is 2. The van der Waals surface area contributed by atoms with E-state index in [1.165, 1.54) is 24.1 Å². The first-order chi connectivity index (χ1) is 11.4. The van der Waals surface area contributed by atoms with Crippen LogP contribution in [-0.2, 0) is 0 Å². The number of carbonyl (C=O) groups excluding carboxylic acids is 1. The molecule has 1 amide bonds. The molecule has 124 valence electrons. The predicted molar refractivity (Wildman–Crippen MR) is 98.3 cm³/mol. The molecule has 0 aliphatic carbocycles. The average molecular weight is 439 g/mol. The van der Waals surface area contributed by atoms with E-state index >= 15 is 0 Å². The zero-order valence-corrected chi connectivity index (χ0v) is 15.5. The van der Waals surface area contributed by atoms with Crippen molar-refractivity contribution < 1.29 is 13.9 Å². The van der Waals surface area contributed by atoms with E-state index in [4.69, 9.17) is 4.74 Å². The summed E-state index contributed by atoms with van der Waals surface area (Å²) in [4.78, 5) is 14.3. The van der Waals surface area contributed by atoms with Gasteiger partial charge in [0.25, 0.3) is 5.91 Å². The zero-order valence-electron chi connectivity index (χ0n) is 13.4. The van der Waals surface area contributed by atoms with E-state index in [1.807, 2.05) is 6.92 Å². The summed E-state index contributed by atoms with van der Waals surface area (Å²) >= 11 is 2.19. The molecule has 0 N–H and O–H groups in total. The van der Waals surface area contributed by atoms with Gasteiger partial charge < -0.3 is 9.64 Å². The third-order valence-corrected chi connectivity index (χ3v) is 4.65. The minimum absolute atomic E-state index is 0.101. The van der Waals surface area contributed by atoms with Crippen molar-refractivity contribution in [3.63, 3.8) is 0 Å². The predicted octanol–water partition coefficient (Wildman–Crippen LogP) is 3.67. The highest BCUT2D eigenvalue weighted by Crippen LogP contribution is 2.25. The molecule has 0 aliphatic rings. The Hall–Kier alpha value is -2.16. The smallest absolute Gasteiger partial charge is 0.258 e. The van der Waals surface area contributed by atoms with Gasteiger partial charge in [0.2, 0.25) is 0 Å². The summed E-state index contributed by atoms with van der Waals surface area (Å²) < 4.78 is 21.3. The van der Waals surface area contributed by atoms with Gasteiger partial charge in [-0.05, 0) is 53.8 Å². The van der Waals surface area contributed by atoms with E-state index < -0.39 is 5.82 Å². The summed E-state index contributed by atoms with van der Waals surface area (Å²) in [6.07, 6.45) is 1.76. The molecule has 1 aromatic carbocycles. The SMILES string of the molecule is COc1cc(N(C)C(=O)c2cc(C)n3ncc(I)c3c2)ccc1F. The minimum atomic E-state index is -0.465. The van der Waals surface area contributed by atoms with Crippen LogP contribution in [0.3, 0.4) is 0 Å². The second-order valence-electron chi connectivity index (χ2n) is 5.36. The third kappa shape index (κ3) is 2.83. The second kappa shape index (κ2) is 6.39. The van der Waals surface area contributed by atoms with Crippen LogP contribution in [0.2, 0.25) is 0 Å². The number of amides is 1. The molecule has 3 rings (SSSR count). The van der Waals surface area contributed by atoms with Crippen molar-refractivity contribution in [3.05, 3.63) is 57.2 Å². The maximum Gasteiger partial charge on any atom is 0.258 e. The quantitative estimate of drug-likeness (QED) is 0.586. The number of hydrogen-bond donors (Lipinski definition) is 0. The van der Waals surface area contributed by atoms with E-state index in [-0.39, 0.29) is 11.7 Å². The molecule has 0 fully saturated rings. The van der Waals surface area contributed by atoms with Crippen LogP contribution < -0.4 is 9.64 Å². The summed E-state index contributed by atoms with van der Waals surface area (Å²) in [5.41, 5.74) is 2.84. The number of carbonyl (C=O) groups is 1. The van der Waals surface area contributed by atoms with E-state index in [9.17, 15) is 9.18 Å². The largest absolute Gasteiger partial charge is 0.494 e. The van der Waals surface area contributed by atoms with Crippen LogP contribution >= 0.6 is 22.6 Å². The van der Waals surface area contributed by atoms with Gasteiger partial charge in [-0.3, -0.25) is 4.79 Å². The van der Waals surface area contributed by atoms with Crippen molar-refractivity contribution >= 4 is 39.7 Å². The van der Waals surface area contributed by atoms with Gasteiger partial charge in [0, 0.05) is 30.1 Å². The maximum atomic E-state index is 13.6. The Labute approximate surface area is 152 Å². The summed E-state index contributed by atoms with van der Waals surface area (Å²) in [5.74, 6) is -0.552. The number of hydrogen-bond acceptors (Lipinski definition) is 3. The van der Waals surface area contributed by atoms with Crippen molar-refractivity contribution in [1.82, 2.24) is 9.61 Å². The molecule has 0 unspecified atom stereocenters. The molecule has 5 nitrogen and oxygen atoms in total. The number of nitrogens with zero attached hydrogens (tertiary/aromatic N) is 3. The molecule has 3 aromatic rings. The van der Waals surface area contributed by atoms with E-state index in [0.29, 0.717) is 11.3 Å². The van der Waals surface area contributed by atoms with Crippen LogP contribution in [0.25, 0.3) is 5.52 Å². The van der Waals surface area contributed by atoms with Crippen LogP contribution in [0.15, 0.2) is 36.5 Å². The minimum Gasteiger partial charge on any atom is -0.494 e. The van der Waals surface area contributed by atoms with Gasteiger partial charge in [-0.1, -0.05) is 0 Å². The van der Waals surface area contributed by atoms with Crippen LogP contribution in [0, 0.1) is 16.3 Å². The van der Waals surface area contributed by atoms with Crippen molar-refractivity contribution in [1.29, 1.82) is 0 Å². The molecule has 2 heterocycles. The summed E-state index contributed by atoms with van der Waals surface area (Å²) in [7, 11) is 3.04. The molecular weight excluding hydrogens is 424 g/mol. The number of methoxy groups -OCH3 is 1. The number of aromatic nitrogens is 2. The summed E-state index contributed by atoms with van der Waals surface area (Å²) in [6, 6.07) is 7.92. The number of ether oxygens (including phenoxy) is 1. The Morgan fingerprint density at radius 2 is 2.08 bits per heavy atom. The Morgan fingerprint density at radius 3 is 2.79 bits per heavy atom. The number of benzene rings is 1. The van der Waals surface area contributed by atoms with E-state index in [0.717, 1.165) is 14.8 Å². The van der Waals surface area contributed by atoms with Gasteiger partial charge in [-0.15, -0.1) is 0 Å². The average Bonchev–Trinajstić information content (AvgIpc) is 2.96. The maximum absolute atomic E-state index is 13.6. The number of pyridine rings is 1. The van der Waals surface area contributed by atoms with Crippen LogP contribution in [-0.4, -0.2) is 29.7 Å². The molecule has 0 bridgehead atoms. The number of aryl methyl sites for hydroxylation is 1.